The summed E-state index contributed by atoms with van der Waals surface area (Å²) in [5.74, 6) is 0.725. The van der Waals surface area contributed by atoms with E-state index in [1.54, 1.807) is 0 Å². The zero-order valence-corrected chi connectivity index (χ0v) is 10.7. The molecule has 0 unspecified atom stereocenters. The lowest BCUT2D eigenvalue weighted by molar-refractivity contribution is 1.03. The fourth-order valence-corrected chi connectivity index (χ4v) is 2.28. The summed E-state index contributed by atoms with van der Waals surface area (Å²) in [5, 5.41) is 0. The molecule has 0 amide bonds. The zero-order chi connectivity index (χ0) is 12.0. The molecular weight excluding hydrogens is 208 g/mol. The minimum absolute atomic E-state index is 0.725. The lowest BCUT2D eigenvalue weighted by atomic mass is 10.0. The van der Waals surface area contributed by atoms with E-state index in [1.165, 1.54) is 40.9 Å². The predicted octanol–water partition coefficient (Wildman–Crippen LogP) is 3.67. The van der Waals surface area contributed by atoms with Gasteiger partial charge in [-0.2, -0.15) is 0 Å². The van der Waals surface area contributed by atoms with Crippen molar-refractivity contribution < 1.29 is 0 Å². The molecule has 2 nitrogen and oxygen atoms in total. The van der Waals surface area contributed by atoms with Crippen LogP contribution in [0.2, 0.25) is 0 Å². The molecule has 1 aliphatic carbocycles. The average Bonchev–Trinajstić information content (AvgIpc) is 3.03. The predicted molar refractivity (Wildman–Crippen MR) is 69.8 cm³/mol. The maximum absolute atomic E-state index is 4.51. The maximum Gasteiger partial charge on any atom is 0.0995 e. The Morgan fingerprint density at radius 2 is 1.76 bits per heavy atom. The highest BCUT2D eigenvalue weighted by Gasteiger charge is 2.25. The van der Waals surface area contributed by atoms with E-state index in [1.807, 2.05) is 6.33 Å². The fourth-order valence-electron chi connectivity index (χ4n) is 2.28. The first kappa shape index (κ1) is 10.6. The van der Waals surface area contributed by atoms with Gasteiger partial charge in [-0.1, -0.05) is 6.07 Å². The smallest absolute Gasteiger partial charge is 0.0995 e. The summed E-state index contributed by atoms with van der Waals surface area (Å²) in [6.07, 6.45) is 6.76. The summed E-state index contributed by atoms with van der Waals surface area (Å²) < 4.78 is 2.16. The Morgan fingerprint density at radius 3 is 2.47 bits per heavy atom. The number of hydrogen-bond donors (Lipinski definition) is 0. The first-order chi connectivity index (χ1) is 8.15. The van der Waals surface area contributed by atoms with E-state index in [9.17, 15) is 0 Å². The normalized spacial score (nSPS) is 15.2. The summed E-state index contributed by atoms with van der Waals surface area (Å²) >= 11 is 0. The van der Waals surface area contributed by atoms with Gasteiger partial charge in [-0.05, 0) is 56.4 Å². The van der Waals surface area contributed by atoms with Crippen LogP contribution >= 0.6 is 0 Å². The minimum Gasteiger partial charge on any atom is -0.306 e. The Bertz CT molecular complexity index is 562. The molecule has 1 saturated carbocycles. The van der Waals surface area contributed by atoms with Gasteiger partial charge in [0, 0.05) is 17.8 Å². The Balaban J connectivity index is 2.04. The number of aryl methyl sites for hydroxylation is 3. The molecule has 0 aliphatic heterocycles. The van der Waals surface area contributed by atoms with E-state index in [2.05, 4.69) is 48.7 Å². The van der Waals surface area contributed by atoms with Crippen LogP contribution in [0.15, 0.2) is 24.7 Å². The Kier molecular flexibility index (Phi) is 2.32. The second-order valence-corrected chi connectivity index (χ2v) is 5.20. The lowest BCUT2D eigenvalue weighted by Gasteiger charge is -2.10. The molecule has 0 bridgehead atoms. The molecule has 1 heterocycles. The Morgan fingerprint density at radius 1 is 1.06 bits per heavy atom. The molecule has 3 rings (SSSR count). The summed E-state index contributed by atoms with van der Waals surface area (Å²) in [5.41, 5.74) is 6.52. The van der Waals surface area contributed by atoms with Crippen LogP contribution in [0, 0.1) is 20.8 Å². The van der Waals surface area contributed by atoms with Gasteiger partial charge >= 0.3 is 0 Å². The summed E-state index contributed by atoms with van der Waals surface area (Å²) in [6, 6.07) is 4.50. The van der Waals surface area contributed by atoms with Gasteiger partial charge in [0.15, 0.2) is 0 Å². The monoisotopic (exact) mass is 226 g/mol. The number of nitrogens with zero attached hydrogens (tertiary/aromatic N) is 2. The molecule has 2 heteroatoms. The van der Waals surface area contributed by atoms with Crippen molar-refractivity contribution in [3.63, 3.8) is 0 Å². The van der Waals surface area contributed by atoms with Crippen molar-refractivity contribution in [3.8, 4) is 5.69 Å². The molecule has 0 N–H and O–H groups in total. The number of rotatable bonds is 2. The van der Waals surface area contributed by atoms with Gasteiger partial charge < -0.3 is 4.57 Å². The first-order valence-corrected chi connectivity index (χ1v) is 6.27. The molecule has 0 radical (unpaired) electrons. The zero-order valence-electron chi connectivity index (χ0n) is 10.7. The van der Waals surface area contributed by atoms with E-state index in [0.717, 1.165) is 5.92 Å². The molecule has 0 atom stereocenters. The fraction of sp³-hybridized carbons (Fsp3) is 0.400. The van der Waals surface area contributed by atoms with Gasteiger partial charge in [-0.3, -0.25) is 0 Å². The molecule has 1 fully saturated rings. The van der Waals surface area contributed by atoms with Crippen molar-refractivity contribution in [1.82, 2.24) is 9.55 Å². The van der Waals surface area contributed by atoms with Crippen LogP contribution in [-0.4, -0.2) is 9.55 Å². The van der Waals surface area contributed by atoms with E-state index in [-0.39, 0.29) is 0 Å². The summed E-state index contributed by atoms with van der Waals surface area (Å²) in [4.78, 5) is 4.51. The number of benzene rings is 1. The topological polar surface area (TPSA) is 17.8 Å². The quantitative estimate of drug-likeness (QED) is 0.764. The van der Waals surface area contributed by atoms with E-state index >= 15 is 0 Å². The number of imidazole rings is 1. The molecule has 0 spiro atoms. The molecule has 88 valence electrons. The highest BCUT2D eigenvalue weighted by Crippen LogP contribution is 2.39. The van der Waals surface area contributed by atoms with Crippen LogP contribution < -0.4 is 0 Å². The minimum atomic E-state index is 0.725. The van der Waals surface area contributed by atoms with Gasteiger partial charge in [0.1, 0.15) is 0 Å². The highest BCUT2D eigenvalue weighted by molar-refractivity contribution is 5.46. The molecule has 1 aliphatic rings. The molecule has 1 aromatic carbocycles. The summed E-state index contributed by atoms with van der Waals surface area (Å²) in [7, 11) is 0. The maximum atomic E-state index is 4.51. The van der Waals surface area contributed by atoms with Crippen molar-refractivity contribution in [1.29, 1.82) is 0 Å². The number of hydrogen-bond acceptors (Lipinski definition) is 1. The lowest BCUT2D eigenvalue weighted by Crippen LogP contribution is -1.96. The Labute approximate surface area is 102 Å². The average molecular weight is 226 g/mol. The molecule has 17 heavy (non-hydrogen) atoms. The van der Waals surface area contributed by atoms with E-state index < -0.39 is 0 Å². The largest absolute Gasteiger partial charge is 0.306 e. The van der Waals surface area contributed by atoms with Gasteiger partial charge in [0.25, 0.3) is 0 Å². The molecule has 2 aromatic rings. The van der Waals surface area contributed by atoms with Gasteiger partial charge in [0.05, 0.1) is 12.0 Å². The summed E-state index contributed by atoms with van der Waals surface area (Å²) in [6.45, 7) is 6.49. The second-order valence-electron chi connectivity index (χ2n) is 5.20. The Hall–Kier alpha value is -1.57. The molecule has 0 saturated heterocycles. The van der Waals surface area contributed by atoms with Crippen molar-refractivity contribution in [2.75, 3.05) is 0 Å². The van der Waals surface area contributed by atoms with E-state index in [0.29, 0.717) is 0 Å². The van der Waals surface area contributed by atoms with Crippen molar-refractivity contribution in [3.05, 3.63) is 47.0 Å². The SMILES string of the molecule is Cc1cc(C)c(-n2cnc(C3CC3)c2)cc1C. The third-order valence-corrected chi connectivity index (χ3v) is 3.69. The molecular formula is C15H18N2. The van der Waals surface area contributed by atoms with Crippen LogP contribution in [0.3, 0.4) is 0 Å². The van der Waals surface area contributed by atoms with Crippen molar-refractivity contribution in [2.24, 2.45) is 0 Å². The van der Waals surface area contributed by atoms with Gasteiger partial charge in [0.2, 0.25) is 0 Å². The van der Waals surface area contributed by atoms with Crippen LogP contribution in [0.4, 0.5) is 0 Å². The van der Waals surface area contributed by atoms with Gasteiger partial charge in [-0.15, -0.1) is 0 Å². The van der Waals surface area contributed by atoms with Crippen molar-refractivity contribution >= 4 is 0 Å². The van der Waals surface area contributed by atoms with Crippen molar-refractivity contribution in [2.45, 2.75) is 39.5 Å². The van der Waals surface area contributed by atoms with Crippen LogP contribution in [-0.2, 0) is 0 Å². The van der Waals surface area contributed by atoms with Crippen LogP contribution in [0.25, 0.3) is 5.69 Å². The standard InChI is InChI=1S/C15H18N2/c1-10-6-12(3)15(7-11(10)2)17-8-14(16-9-17)13-4-5-13/h6-9,13H,4-5H2,1-3H3. The first-order valence-electron chi connectivity index (χ1n) is 6.27. The van der Waals surface area contributed by atoms with Gasteiger partial charge in [-0.25, -0.2) is 4.98 Å². The van der Waals surface area contributed by atoms with Crippen LogP contribution in [0.5, 0.6) is 0 Å². The number of aromatic nitrogens is 2. The van der Waals surface area contributed by atoms with Crippen LogP contribution in [0.1, 0.15) is 41.1 Å². The molecule has 1 aromatic heterocycles. The third kappa shape index (κ3) is 1.88. The van der Waals surface area contributed by atoms with E-state index in [4.69, 9.17) is 0 Å². The highest BCUT2D eigenvalue weighted by atomic mass is 15.0. The second kappa shape index (κ2) is 3.73. The third-order valence-electron chi connectivity index (χ3n) is 3.69.